The summed E-state index contributed by atoms with van der Waals surface area (Å²) in [5.41, 5.74) is 0. The smallest absolute Gasteiger partial charge is 0.227 e. The van der Waals surface area contributed by atoms with Gasteiger partial charge in [-0.15, -0.1) is 11.3 Å². The highest BCUT2D eigenvalue weighted by molar-refractivity contribution is 7.13. The molecule has 0 N–H and O–H groups in total. The lowest BCUT2D eigenvalue weighted by Gasteiger charge is -2.16. The van der Waals surface area contributed by atoms with Crippen molar-refractivity contribution >= 4 is 11.3 Å². The van der Waals surface area contributed by atoms with Crippen molar-refractivity contribution in [1.82, 2.24) is 15.0 Å². The van der Waals surface area contributed by atoms with Gasteiger partial charge >= 0.3 is 0 Å². The van der Waals surface area contributed by atoms with Crippen molar-refractivity contribution < 1.29 is 9.26 Å². The minimum atomic E-state index is 0.684. The highest BCUT2D eigenvalue weighted by Crippen LogP contribution is 2.21. The van der Waals surface area contributed by atoms with Crippen molar-refractivity contribution in [2.75, 3.05) is 26.7 Å². The molecule has 24 heavy (non-hydrogen) atoms. The van der Waals surface area contributed by atoms with E-state index < -0.39 is 0 Å². The fourth-order valence-electron chi connectivity index (χ4n) is 2.31. The van der Waals surface area contributed by atoms with Crippen molar-refractivity contribution in [1.29, 1.82) is 0 Å². The third-order valence-corrected chi connectivity index (χ3v) is 4.49. The first-order chi connectivity index (χ1) is 11.8. The first-order valence-electron chi connectivity index (χ1n) is 8.04. The Bertz CT molecular complexity index is 713. The first kappa shape index (κ1) is 16.7. The summed E-state index contributed by atoms with van der Waals surface area (Å²) in [6.07, 6.45) is 1.77. The summed E-state index contributed by atoms with van der Waals surface area (Å²) in [6.45, 7) is 2.54. The topological polar surface area (TPSA) is 51.4 Å². The molecule has 0 fully saturated rings. The molecule has 0 spiro atoms. The van der Waals surface area contributed by atoms with E-state index in [4.69, 9.17) is 9.26 Å². The lowest BCUT2D eigenvalue weighted by atomic mass is 10.3. The number of likely N-dealkylation sites (N-methyl/N-ethyl adjacent to an activating group) is 1. The number of ether oxygens (including phenoxy) is 1. The van der Waals surface area contributed by atoms with E-state index in [2.05, 4.69) is 22.1 Å². The third kappa shape index (κ3) is 4.91. The molecule has 0 aliphatic carbocycles. The van der Waals surface area contributed by atoms with E-state index >= 15 is 0 Å². The molecule has 5 nitrogen and oxygen atoms in total. The number of thiophene rings is 1. The lowest BCUT2D eigenvalue weighted by Crippen LogP contribution is -2.25. The maximum atomic E-state index is 5.70. The number of hydrogen-bond donors (Lipinski definition) is 0. The van der Waals surface area contributed by atoms with Crippen LogP contribution in [0.3, 0.4) is 0 Å². The predicted octanol–water partition coefficient (Wildman–Crippen LogP) is 3.74. The molecule has 0 bridgehead atoms. The molecule has 3 rings (SSSR count). The van der Waals surface area contributed by atoms with Crippen molar-refractivity contribution in [2.45, 2.75) is 12.8 Å². The summed E-state index contributed by atoms with van der Waals surface area (Å²) in [5, 5.41) is 6.04. The number of rotatable bonds is 9. The predicted molar refractivity (Wildman–Crippen MR) is 95.4 cm³/mol. The molecule has 0 amide bonds. The zero-order chi connectivity index (χ0) is 16.6. The fraction of sp³-hybridized carbons (Fsp3) is 0.333. The Hall–Kier alpha value is -2.18. The van der Waals surface area contributed by atoms with E-state index in [0.29, 0.717) is 18.3 Å². The van der Waals surface area contributed by atoms with Crippen LogP contribution < -0.4 is 4.74 Å². The summed E-state index contributed by atoms with van der Waals surface area (Å²) in [6, 6.07) is 13.9. The van der Waals surface area contributed by atoms with Gasteiger partial charge in [-0.1, -0.05) is 29.4 Å². The van der Waals surface area contributed by atoms with Gasteiger partial charge in [0.15, 0.2) is 0 Å². The van der Waals surface area contributed by atoms with E-state index in [0.717, 1.165) is 36.6 Å². The Labute approximate surface area is 145 Å². The highest BCUT2D eigenvalue weighted by atomic mass is 32.1. The molecule has 0 saturated heterocycles. The summed E-state index contributed by atoms with van der Waals surface area (Å²) in [5.74, 6) is 2.30. The second-order valence-electron chi connectivity index (χ2n) is 5.56. The second kappa shape index (κ2) is 8.61. The maximum absolute atomic E-state index is 5.70. The standard InChI is InChI=1S/C18H21N3O2S/c1-21(12-13-22-15-7-3-2-4-8-15)11-5-10-17-19-18(20-23-17)16-9-6-14-24-16/h2-4,6-9,14H,5,10-13H2,1H3. The van der Waals surface area contributed by atoms with Crippen LogP contribution in [0.25, 0.3) is 10.7 Å². The van der Waals surface area contributed by atoms with Gasteiger partial charge in [-0.05, 0) is 43.6 Å². The van der Waals surface area contributed by atoms with Crippen molar-refractivity contribution in [3.05, 3.63) is 53.7 Å². The third-order valence-electron chi connectivity index (χ3n) is 3.63. The van der Waals surface area contributed by atoms with Crippen LogP contribution in [0.4, 0.5) is 0 Å². The van der Waals surface area contributed by atoms with E-state index in [9.17, 15) is 0 Å². The molecule has 0 aliphatic rings. The summed E-state index contributed by atoms with van der Waals surface area (Å²) in [4.78, 5) is 7.73. The zero-order valence-corrected chi connectivity index (χ0v) is 14.5. The van der Waals surface area contributed by atoms with Gasteiger partial charge in [-0.2, -0.15) is 4.98 Å². The van der Waals surface area contributed by atoms with Crippen molar-refractivity contribution in [3.63, 3.8) is 0 Å². The summed E-state index contributed by atoms with van der Waals surface area (Å²) >= 11 is 1.62. The number of nitrogens with zero attached hydrogens (tertiary/aromatic N) is 3. The monoisotopic (exact) mass is 343 g/mol. The normalized spacial score (nSPS) is 11.1. The number of aryl methyl sites for hydroxylation is 1. The molecule has 0 radical (unpaired) electrons. The van der Waals surface area contributed by atoms with Crippen molar-refractivity contribution in [2.24, 2.45) is 0 Å². The largest absolute Gasteiger partial charge is 0.492 e. The fourth-order valence-corrected chi connectivity index (χ4v) is 2.96. The van der Waals surface area contributed by atoms with Gasteiger partial charge in [0, 0.05) is 13.0 Å². The molecule has 1 aromatic carbocycles. The van der Waals surface area contributed by atoms with Crippen LogP contribution in [0.1, 0.15) is 12.3 Å². The Morgan fingerprint density at radius 1 is 1.12 bits per heavy atom. The minimum Gasteiger partial charge on any atom is -0.492 e. The molecule has 0 saturated carbocycles. The molecule has 2 aromatic heterocycles. The van der Waals surface area contributed by atoms with E-state index in [1.165, 1.54) is 0 Å². The molecular formula is C18H21N3O2S. The average molecular weight is 343 g/mol. The molecule has 126 valence electrons. The Kier molecular flexibility index (Phi) is 5.98. The molecule has 0 atom stereocenters. The molecular weight excluding hydrogens is 322 g/mol. The summed E-state index contributed by atoms with van der Waals surface area (Å²) in [7, 11) is 2.10. The molecule has 0 aliphatic heterocycles. The lowest BCUT2D eigenvalue weighted by molar-refractivity contribution is 0.234. The van der Waals surface area contributed by atoms with Gasteiger partial charge in [-0.3, -0.25) is 0 Å². The van der Waals surface area contributed by atoms with Crippen LogP contribution in [-0.2, 0) is 6.42 Å². The zero-order valence-electron chi connectivity index (χ0n) is 13.7. The first-order valence-corrected chi connectivity index (χ1v) is 8.92. The van der Waals surface area contributed by atoms with Crippen molar-refractivity contribution in [3.8, 4) is 16.5 Å². The second-order valence-corrected chi connectivity index (χ2v) is 6.51. The molecule has 0 unspecified atom stereocenters. The highest BCUT2D eigenvalue weighted by Gasteiger charge is 2.09. The van der Waals surface area contributed by atoms with Crippen LogP contribution in [0.2, 0.25) is 0 Å². The van der Waals surface area contributed by atoms with Gasteiger partial charge in [0.25, 0.3) is 0 Å². The molecule has 6 heteroatoms. The van der Waals surface area contributed by atoms with Gasteiger partial charge in [0.2, 0.25) is 11.7 Å². The average Bonchev–Trinajstić information content (AvgIpc) is 3.27. The Balaban J connectivity index is 1.34. The quantitative estimate of drug-likeness (QED) is 0.592. The van der Waals surface area contributed by atoms with Crippen LogP contribution in [-0.4, -0.2) is 41.8 Å². The number of para-hydroxylation sites is 1. The van der Waals surface area contributed by atoms with Crippen LogP contribution in [0.15, 0.2) is 52.4 Å². The maximum Gasteiger partial charge on any atom is 0.227 e. The Morgan fingerprint density at radius 2 is 2.00 bits per heavy atom. The van der Waals surface area contributed by atoms with Gasteiger partial charge in [0.05, 0.1) is 4.88 Å². The Morgan fingerprint density at radius 3 is 2.79 bits per heavy atom. The van der Waals surface area contributed by atoms with E-state index in [-0.39, 0.29) is 0 Å². The van der Waals surface area contributed by atoms with E-state index in [1.54, 1.807) is 11.3 Å². The van der Waals surface area contributed by atoms with Gasteiger partial charge in [0.1, 0.15) is 12.4 Å². The number of hydrogen-bond acceptors (Lipinski definition) is 6. The van der Waals surface area contributed by atoms with Gasteiger partial charge in [-0.25, -0.2) is 0 Å². The number of aromatic nitrogens is 2. The van der Waals surface area contributed by atoms with Crippen LogP contribution >= 0.6 is 11.3 Å². The summed E-state index contributed by atoms with van der Waals surface area (Å²) < 4.78 is 11.0. The van der Waals surface area contributed by atoms with Gasteiger partial charge < -0.3 is 14.2 Å². The van der Waals surface area contributed by atoms with Crippen LogP contribution in [0.5, 0.6) is 5.75 Å². The minimum absolute atomic E-state index is 0.684. The molecule has 3 aromatic rings. The molecule has 2 heterocycles. The van der Waals surface area contributed by atoms with Crippen LogP contribution in [0, 0.1) is 0 Å². The SMILES string of the molecule is CN(CCCc1nc(-c2cccs2)no1)CCOc1ccccc1. The van der Waals surface area contributed by atoms with E-state index in [1.807, 2.05) is 47.8 Å². The number of benzene rings is 1.